The van der Waals surface area contributed by atoms with Crippen molar-refractivity contribution in [1.29, 1.82) is 0 Å². The van der Waals surface area contributed by atoms with Crippen LogP contribution >= 0.6 is 0 Å². The van der Waals surface area contributed by atoms with Crippen LogP contribution in [0.25, 0.3) is 0 Å². The highest BCUT2D eigenvalue weighted by atomic mass is 16.5. The van der Waals surface area contributed by atoms with Gasteiger partial charge in [0, 0.05) is 32.8 Å². The summed E-state index contributed by atoms with van der Waals surface area (Å²) in [4.78, 5) is 17.6. The molecule has 0 aliphatic carbocycles. The molecular weight excluding hydrogens is 350 g/mol. The third kappa shape index (κ3) is 5.56. The van der Waals surface area contributed by atoms with Crippen molar-refractivity contribution in [3.05, 3.63) is 34.9 Å². The molecule has 0 aromatic heterocycles. The van der Waals surface area contributed by atoms with E-state index in [1.54, 1.807) is 7.11 Å². The Hall–Kier alpha value is -1.43. The molecule has 1 aromatic carbocycles. The number of likely N-dealkylation sites (tertiary alicyclic amines) is 2. The molecule has 0 spiro atoms. The highest BCUT2D eigenvalue weighted by Crippen LogP contribution is 2.25. The van der Waals surface area contributed by atoms with Crippen LogP contribution in [0.3, 0.4) is 0 Å². The van der Waals surface area contributed by atoms with Crippen molar-refractivity contribution >= 4 is 5.91 Å². The SMILES string of the molecule is COCCNC(=O)[C@@H]1CCCN(C2CCN(Cc3c(C)cccc3C)CC2)C1. The van der Waals surface area contributed by atoms with Gasteiger partial charge in [0.05, 0.1) is 12.5 Å². The Morgan fingerprint density at radius 3 is 2.54 bits per heavy atom. The van der Waals surface area contributed by atoms with Crippen LogP contribution in [0.5, 0.6) is 0 Å². The summed E-state index contributed by atoms with van der Waals surface area (Å²) in [6, 6.07) is 7.23. The van der Waals surface area contributed by atoms with Crippen LogP contribution in [0.1, 0.15) is 42.4 Å². The lowest BCUT2D eigenvalue weighted by Crippen LogP contribution is -2.50. The summed E-state index contributed by atoms with van der Waals surface area (Å²) in [5.74, 6) is 0.340. The maximum Gasteiger partial charge on any atom is 0.224 e. The van der Waals surface area contributed by atoms with Gasteiger partial charge in [0.15, 0.2) is 0 Å². The van der Waals surface area contributed by atoms with Crippen molar-refractivity contribution < 1.29 is 9.53 Å². The Bertz CT molecular complexity index is 620. The first kappa shape index (κ1) is 21.3. The highest BCUT2D eigenvalue weighted by Gasteiger charge is 2.31. The van der Waals surface area contributed by atoms with Gasteiger partial charge in [0.2, 0.25) is 5.91 Å². The largest absolute Gasteiger partial charge is 0.383 e. The quantitative estimate of drug-likeness (QED) is 0.731. The zero-order valence-electron chi connectivity index (χ0n) is 17.9. The molecule has 2 aliphatic heterocycles. The number of aryl methyl sites for hydroxylation is 2. The molecule has 1 amide bonds. The lowest BCUT2D eigenvalue weighted by Gasteiger charge is -2.42. The summed E-state index contributed by atoms with van der Waals surface area (Å²) >= 11 is 0. The number of nitrogens with zero attached hydrogens (tertiary/aromatic N) is 2. The Labute approximate surface area is 170 Å². The molecule has 5 heteroatoms. The summed E-state index contributed by atoms with van der Waals surface area (Å²) in [6.45, 7) is 11.1. The van der Waals surface area contributed by atoms with E-state index in [9.17, 15) is 4.79 Å². The number of hydrogen-bond donors (Lipinski definition) is 1. The Balaban J connectivity index is 1.47. The van der Waals surface area contributed by atoms with Crippen LogP contribution in [0, 0.1) is 19.8 Å². The van der Waals surface area contributed by atoms with Crippen molar-refractivity contribution in [3.63, 3.8) is 0 Å². The Kier molecular flexibility index (Phi) is 7.89. The zero-order chi connectivity index (χ0) is 19.9. The minimum atomic E-state index is 0.137. The molecular formula is C23H37N3O2. The monoisotopic (exact) mass is 387 g/mol. The second-order valence-electron chi connectivity index (χ2n) is 8.50. The van der Waals surface area contributed by atoms with E-state index in [0.717, 1.165) is 45.6 Å². The van der Waals surface area contributed by atoms with E-state index in [0.29, 0.717) is 19.2 Å². The van der Waals surface area contributed by atoms with E-state index >= 15 is 0 Å². The average molecular weight is 388 g/mol. The van der Waals surface area contributed by atoms with Crippen LogP contribution in [0.2, 0.25) is 0 Å². The van der Waals surface area contributed by atoms with Gasteiger partial charge in [0.25, 0.3) is 0 Å². The zero-order valence-corrected chi connectivity index (χ0v) is 17.9. The van der Waals surface area contributed by atoms with E-state index < -0.39 is 0 Å². The van der Waals surface area contributed by atoms with Gasteiger partial charge in [-0.05, 0) is 75.9 Å². The molecule has 1 atom stereocenters. The van der Waals surface area contributed by atoms with Crippen LogP contribution in [0.4, 0.5) is 0 Å². The van der Waals surface area contributed by atoms with E-state index in [2.05, 4.69) is 47.2 Å². The molecule has 0 radical (unpaired) electrons. The van der Waals surface area contributed by atoms with E-state index in [1.807, 2.05) is 0 Å². The molecule has 0 bridgehead atoms. The molecule has 3 rings (SSSR count). The van der Waals surface area contributed by atoms with Crippen molar-refractivity contribution in [2.24, 2.45) is 5.92 Å². The molecule has 0 saturated carbocycles. The second kappa shape index (κ2) is 10.4. The number of hydrogen-bond acceptors (Lipinski definition) is 4. The topological polar surface area (TPSA) is 44.8 Å². The fourth-order valence-electron chi connectivity index (χ4n) is 4.74. The summed E-state index contributed by atoms with van der Waals surface area (Å²) < 4.78 is 5.03. The number of carbonyl (C=O) groups is 1. The lowest BCUT2D eigenvalue weighted by atomic mass is 9.93. The fraction of sp³-hybridized carbons (Fsp3) is 0.696. The number of nitrogens with one attached hydrogen (secondary N) is 1. The van der Waals surface area contributed by atoms with Crippen LogP contribution in [-0.4, -0.2) is 68.2 Å². The Morgan fingerprint density at radius 2 is 1.86 bits per heavy atom. The van der Waals surface area contributed by atoms with Gasteiger partial charge in [-0.15, -0.1) is 0 Å². The van der Waals surface area contributed by atoms with Gasteiger partial charge in [-0.25, -0.2) is 0 Å². The van der Waals surface area contributed by atoms with Crippen LogP contribution < -0.4 is 5.32 Å². The fourth-order valence-corrected chi connectivity index (χ4v) is 4.74. The molecule has 1 N–H and O–H groups in total. The molecule has 2 aliphatic rings. The van der Waals surface area contributed by atoms with Crippen molar-refractivity contribution in [3.8, 4) is 0 Å². The third-order valence-electron chi connectivity index (χ3n) is 6.53. The minimum Gasteiger partial charge on any atom is -0.383 e. The standard InChI is InChI=1S/C23H37N3O2/c1-18-6-4-7-19(2)22(18)17-25-13-9-21(10-14-25)26-12-5-8-20(16-26)23(27)24-11-15-28-3/h4,6-7,20-21H,5,8-17H2,1-3H3,(H,24,27)/t20-/m1/s1. The molecule has 2 fully saturated rings. The number of rotatable bonds is 7. The smallest absolute Gasteiger partial charge is 0.224 e. The van der Waals surface area contributed by atoms with Gasteiger partial charge in [-0.1, -0.05) is 18.2 Å². The van der Waals surface area contributed by atoms with E-state index in [4.69, 9.17) is 4.74 Å². The number of amides is 1. The van der Waals surface area contributed by atoms with Gasteiger partial charge in [-0.3, -0.25) is 14.6 Å². The first-order chi connectivity index (χ1) is 13.6. The van der Waals surface area contributed by atoms with Crippen LogP contribution in [0.15, 0.2) is 18.2 Å². The van der Waals surface area contributed by atoms with Crippen molar-refractivity contribution in [2.75, 3.05) is 46.4 Å². The normalized spacial score (nSPS) is 22.3. The predicted molar refractivity (Wildman–Crippen MR) is 113 cm³/mol. The minimum absolute atomic E-state index is 0.137. The van der Waals surface area contributed by atoms with Crippen molar-refractivity contribution in [1.82, 2.24) is 15.1 Å². The van der Waals surface area contributed by atoms with Gasteiger partial charge >= 0.3 is 0 Å². The summed E-state index contributed by atoms with van der Waals surface area (Å²) in [5.41, 5.74) is 4.30. The van der Waals surface area contributed by atoms with Gasteiger partial charge < -0.3 is 10.1 Å². The Morgan fingerprint density at radius 1 is 1.14 bits per heavy atom. The van der Waals surface area contributed by atoms with E-state index in [-0.39, 0.29) is 11.8 Å². The van der Waals surface area contributed by atoms with Gasteiger partial charge in [-0.2, -0.15) is 0 Å². The summed E-state index contributed by atoms with van der Waals surface area (Å²) in [7, 11) is 1.67. The molecule has 2 heterocycles. The average Bonchev–Trinajstić information content (AvgIpc) is 2.71. The first-order valence-electron chi connectivity index (χ1n) is 10.9. The number of carbonyl (C=O) groups excluding carboxylic acids is 1. The number of methoxy groups -OCH3 is 1. The predicted octanol–water partition coefficient (Wildman–Crippen LogP) is 2.74. The van der Waals surface area contributed by atoms with E-state index in [1.165, 1.54) is 29.5 Å². The summed E-state index contributed by atoms with van der Waals surface area (Å²) in [5, 5.41) is 3.02. The number of benzene rings is 1. The second-order valence-corrected chi connectivity index (χ2v) is 8.50. The number of piperidine rings is 2. The number of ether oxygens (including phenoxy) is 1. The van der Waals surface area contributed by atoms with Crippen molar-refractivity contribution in [2.45, 2.75) is 52.1 Å². The summed E-state index contributed by atoms with van der Waals surface area (Å²) in [6.07, 6.45) is 4.57. The maximum atomic E-state index is 12.4. The maximum absolute atomic E-state index is 12.4. The lowest BCUT2D eigenvalue weighted by molar-refractivity contribution is -0.127. The molecule has 5 nitrogen and oxygen atoms in total. The highest BCUT2D eigenvalue weighted by molar-refractivity contribution is 5.78. The molecule has 1 aromatic rings. The molecule has 28 heavy (non-hydrogen) atoms. The molecule has 0 unspecified atom stereocenters. The third-order valence-corrected chi connectivity index (χ3v) is 6.53. The molecule has 156 valence electrons. The van der Waals surface area contributed by atoms with Crippen LogP contribution in [-0.2, 0) is 16.1 Å². The molecule has 2 saturated heterocycles. The van der Waals surface area contributed by atoms with Gasteiger partial charge in [0.1, 0.15) is 0 Å². The first-order valence-corrected chi connectivity index (χ1v) is 10.9.